The smallest absolute Gasteiger partial charge is 0.416 e. The highest BCUT2D eigenvalue weighted by Crippen LogP contribution is 2.32. The van der Waals surface area contributed by atoms with Crippen molar-refractivity contribution in [3.8, 4) is 18.1 Å². The Morgan fingerprint density at radius 1 is 1.29 bits per heavy atom. The van der Waals surface area contributed by atoms with Gasteiger partial charge in [-0.05, 0) is 31.0 Å². The molecule has 2 rings (SSSR count). The minimum atomic E-state index is -4.34. The minimum absolute atomic E-state index is 0.0319. The maximum atomic E-state index is 12.6. The fourth-order valence-corrected chi connectivity index (χ4v) is 2.41. The number of benzene rings is 1. The highest BCUT2D eigenvalue weighted by atomic mass is 19.4. The second kappa shape index (κ2) is 6.86. The van der Waals surface area contributed by atoms with Crippen LogP contribution in [0.4, 0.5) is 13.2 Å². The molecular weight excluding hydrogens is 279 g/mol. The Morgan fingerprint density at radius 3 is 2.62 bits per heavy atom. The summed E-state index contributed by atoms with van der Waals surface area (Å²) in [7, 11) is 0. The van der Waals surface area contributed by atoms with Crippen molar-refractivity contribution in [1.29, 1.82) is 0 Å². The number of hydrogen-bond donors (Lipinski definition) is 0. The van der Waals surface area contributed by atoms with Crippen LogP contribution in [0, 0.1) is 12.3 Å². The Morgan fingerprint density at radius 2 is 2.00 bits per heavy atom. The lowest BCUT2D eigenvalue weighted by atomic mass is 10.1. The molecule has 0 unspecified atom stereocenters. The van der Waals surface area contributed by atoms with Gasteiger partial charge in [0.25, 0.3) is 0 Å². The number of piperidine rings is 1. The molecule has 1 saturated heterocycles. The van der Waals surface area contributed by atoms with Gasteiger partial charge in [0.1, 0.15) is 11.9 Å². The van der Waals surface area contributed by atoms with E-state index in [9.17, 15) is 13.2 Å². The van der Waals surface area contributed by atoms with Crippen LogP contribution in [0.1, 0.15) is 24.8 Å². The summed E-state index contributed by atoms with van der Waals surface area (Å²) in [5.74, 6) is 2.89. The van der Waals surface area contributed by atoms with Gasteiger partial charge < -0.3 is 9.64 Å². The van der Waals surface area contributed by atoms with Gasteiger partial charge in [-0.15, -0.1) is 12.3 Å². The molecule has 0 radical (unpaired) electrons. The van der Waals surface area contributed by atoms with Crippen LogP contribution in [-0.2, 0) is 6.18 Å². The Labute approximate surface area is 122 Å². The van der Waals surface area contributed by atoms with E-state index in [1.807, 2.05) is 0 Å². The SMILES string of the molecule is C#CCCN1CCC(Oc2cccc(C(F)(F)F)c2)CC1. The number of terminal acetylenes is 1. The molecule has 1 heterocycles. The van der Waals surface area contributed by atoms with Gasteiger partial charge in [0.2, 0.25) is 0 Å². The molecule has 0 N–H and O–H groups in total. The lowest BCUT2D eigenvalue weighted by Gasteiger charge is -2.31. The van der Waals surface area contributed by atoms with Crippen molar-refractivity contribution >= 4 is 0 Å². The summed E-state index contributed by atoms with van der Waals surface area (Å²) in [6.45, 7) is 2.60. The maximum absolute atomic E-state index is 12.6. The molecule has 0 spiro atoms. The number of nitrogens with zero attached hydrogens (tertiary/aromatic N) is 1. The van der Waals surface area contributed by atoms with Crippen molar-refractivity contribution in [2.45, 2.75) is 31.5 Å². The Kier molecular flexibility index (Phi) is 5.13. The molecule has 1 fully saturated rings. The van der Waals surface area contributed by atoms with Gasteiger partial charge >= 0.3 is 6.18 Å². The first-order valence-corrected chi connectivity index (χ1v) is 6.99. The predicted molar refractivity (Wildman–Crippen MR) is 75.0 cm³/mol. The summed E-state index contributed by atoms with van der Waals surface area (Å²) in [6.07, 6.45) is 3.20. The van der Waals surface area contributed by atoms with E-state index in [4.69, 9.17) is 11.2 Å². The summed E-state index contributed by atoms with van der Waals surface area (Å²) < 4.78 is 43.6. The summed E-state index contributed by atoms with van der Waals surface area (Å²) in [5.41, 5.74) is -0.675. The number of rotatable bonds is 4. The van der Waals surface area contributed by atoms with Crippen LogP contribution in [0.2, 0.25) is 0 Å². The third-order valence-corrected chi connectivity index (χ3v) is 3.57. The van der Waals surface area contributed by atoms with Crippen molar-refractivity contribution < 1.29 is 17.9 Å². The standard InChI is InChI=1S/C16H18F3NO/c1-2-3-9-20-10-7-14(8-11-20)21-15-6-4-5-13(12-15)16(17,18)19/h1,4-6,12,14H,3,7-11H2. The van der Waals surface area contributed by atoms with E-state index in [1.165, 1.54) is 6.07 Å². The first-order valence-electron chi connectivity index (χ1n) is 6.99. The van der Waals surface area contributed by atoms with Crippen LogP contribution in [0.25, 0.3) is 0 Å². The molecule has 1 aliphatic heterocycles. The number of likely N-dealkylation sites (tertiary alicyclic amines) is 1. The largest absolute Gasteiger partial charge is 0.490 e. The van der Waals surface area contributed by atoms with Crippen molar-refractivity contribution in [1.82, 2.24) is 4.90 Å². The second-order valence-electron chi connectivity index (χ2n) is 5.14. The normalized spacial score (nSPS) is 17.4. The predicted octanol–water partition coefficient (Wildman–Crippen LogP) is 3.57. The fraction of sp³-hybridized carbons (Fsp3) is 0.500. The van der Waals surface area contributed by atoms with Crippen LogP contribution in [-0.4, -0.2) is 30.6 Å². The van der Waals surface area contributed by atoms with Gasteiger partial charge in [0, 0.05) is 26.1 Å². The van der Waals surface area contributed by atoms with Crippen molar-refractivity contribution in [3.05, 3.63) is 29.8 Å². The Bertz CT molecular complexity index is 499. The first kappa shape index (κ1) is 15.7. The summed E-state index contributed by atoms with van der Waals surface area (Å²) >= 11 is 0. The van der Waals surface area contributed by atoms with Crippen molar-refractivity contribution in [2.75, 3.05) is 19.6 Å². The van der Waals surface area contributed by atoms with E-state index < -0.39 is 11.7 Å². The first-order chi connectivity index (χ1) is 9.99. The van der Waals surface area contributed by atoms with Crippen LogP contribution < -0.4 is 4.74 Å². The minimum Gasteiger partial charge on any atom is -0.490 e. The van der Waals surface area contributed by atoms with E-state index >= 15 is 0 Å². The molecule has 1 aliphatic rings. The molecule has 0 aliphatic carbocycles. The molecule has 114 valence electrons. The molecule has 1 aromatic carbocycles. The molecule has 0 saturated carbocycles. The molecule has 0 aromatic heterocycles. The van der Waals surface area contributed by atoms with Gasteiger partial charge in [0.05, 0.1) is 5.56 Å². The number of halogens is 3. The van der Waals surface area contributed by atoms with Crippen LogP contribution >= 0.6 is 0 Å². The van der Waals surface area contributed by atoms with Crippen molar-refractivity contribution in [2.24, 2.45) is 0 Å². The average Bonchev–Trinajstić information content (AvgIpc) is 2.46. The Hall–Kier alpha value is -1.67. The van der Waals surface area contributed by atoms with Gasteiger partial charge in [-0.2, -0.15) is 13.2 Å². The average molecular weight is 297 g/mol. The quantitative estimate of drug-likeness (QED) is 0.788. The Balaban J connectivity index is 1.88. The topological polar surface area (TPSA) is 12.5 Å². The molecule has 0 atom stereocenters. The van der Waals surface area contributed by atoms with E-state index in [2.05, 4.69) is 10.8 Å². The summed E-state index contributed by atoms with van der Waals surface area (Å²) in [6, 6.07) is 5.06. The number of hydrogen-bond acceptors (Lipinski definition) is 2. The van der Waals surface area contributed by atoms with E-state index in [1.54, 1.807) is 6.07 Å². The van der Waals surface area contributed by atoms with Crippen LogP contribution in [0.3, 0.4) is 0 Å². The van der Waals surface area contributed by atoms with Crippen LogP contribution in [0.15, 0.2) is 24.3 Å². The molecule has 0 amide bonds. The van der Waals surface area contributed by atoms with Gasteiger partial charge in [-0.25, -0.2) is 0 Å². The lowest BCUT2D eigenvalue weighted by molar-refractivity contribution is -0.137. The molecule has 21 heavy (non-hydrogen) atoms. The number of alkyl halides is 3. The third kappa shape index (κ3) is 4.68. The third-order valence-electron chi connectivity index (χ3n) is 3.57. The molecule has 1 aromatic rings. The highest BCUT2D eigenvalue weighted by Gasteiger charge is 2.31. The number of ether oxygens (including phenoxy) is 1. The van der Waals surface area contributed by atoms with Gasteiger partial charge in [0.15, 0.2) is 0 Å². The monoisotopic (exact) mass is 297 g/mol. The van der Waals surface area contributed by atoms with Crippen LogP contribution in [0.5, 0.6) is 5.75 Å². The molecule has 0 bridgehead atoms. The highest BCUT2D eigenvalue weighted by molar-refractivity contribution is 5.30. The van der Waals surface area contributed by atoms with Crippen molar-refractivity contribution in [3.63, 3.8) is 0 Å². The molecule has 2 nitrogen and oxygen atoms in total. The lowest BCUT2D eigenvalue weighted by Crippen LogP contribution is -2.38. The summed E-state index contributed by atoms with van der Waals surface area (Å²) in [4.78, 5) is 2.26. The molecular formula is C16H18F3NO. The van der Waals surface area contributed by atoms with E-state index in [-0.39, 0.29) is 11.9 Å². The summed E-state index contributed by atoms with van der Waals surface area (Å²) in [5, 5.41) is 0. The zero-order chi connectivity index (χ0) is 15.3. The van der Waals surface area contributed by atoms with Gasteiger partial charge in [-0.1, -0.05) is 6.07 Å². The zero-order valence-corrected chi connectivity index (χ0v) is 11.7. The fourth-order valence-electron chi connectivity index (χ4n) is 2.41. The second-order valence-corrected chi connectivity index (χ2v) is 5.14. The van der Waals surface area contributed by atoms with Gasteiger partial charge in [-0.3, -0.25) is 0 Å². The zero-order valence-electron chi connectivity index (χ0n) is 11.7. The molecule has 5 heteroatoms. The van der Waals surface area contributed by atoms with E-state index in [0.29, 0.717) is 0 Å². The van der Waals surface area contributed by atoms with E-state index in [0.717, 1.165) is 51.0 Å². The maximum Gasteiger partial charge on any atom is 0.416 e.